The van der Waals surface area contributed by atoms with E-state index in [1.807, 2.05) is 0 Å². The molecule has 0 aromatic carbocycles. The molecule has 0 radical (unpaired) electrons. The van der Waals surface area contributed by atoms with E-state index in [9.17, 15) is 8.42 Å². The molecule has 2 aromatic heterocycles. The van der Waals surface area contributed by atoms with Gasteiger partial charge in [-0.3, -0.25) is 15.5 Å². The smallest absolute Gasteiger partial charge is 0.244 e. The minimum atomic E-state index is -3.74. The lowest BCUT2D eigenvalue weighted by Gasteiger charge is -2.09. The number of anilines is 1. The summed E-state index contributed by atoms with van der Waals surface area (Å²) in [7, 11) is -2.04. The van der Waals surface area contributed by atoms with Crippen LogP contribution in [0.3, 0.4) is 0 Å². The van der Waals surface area contributed by atoms with Gasteiger partial charge in [0.15, 0.2) is 5.82 Å². The van der Waals surface area contributed by atoms with Gasteiger partial charge in [-0.05, 0) is 6.07 Å². The molecule has 9 nitrogen and oxygen atoms in total. The number of hydrazine groups is 1. The minimum Gasteiger partial charge on any atom is -0.323 e. The summed E-state index contributed by atoms with van der Waals surface area (Å²) < 4.78 is 28.0. The van der Waals surface area contributed by atoms with Gasteiger partial charge in [-0.25, -0.2) is 18.1 Å². The fourth-order valence-electron chi connectivity index (χ4n) is 1.42. The second-order valence-electron chi connectivity index (χ2n) is 3.68. The predicted octanol–water partition coefficient (Wildman–Crippen LogP) is -1.03. The number of nitrogens with zero attached hydrogens (tertiary/aromatic N) is 4. The number of nitrogens with two attached hydrogens (primary N) is 1. The van der Waals surface area contributed by atoms with E-state index in [1.54, 1.807) is 7.05 Å². The molecule has 0 aliphatic rings. The number of nitrogens with one attached hydrogen (secondary N) is 2. The summed E-state index contributed by atoms with van der Waals surface area (Å²) in [4.78, 5) is 7.66. The number of hydrogen-bond donors (Lipinski definition) is 3. The highest BCUT2D eigenvalue weighted by Crippen LogP contribution is 2.17. The summed E-state index contributed by atoms with van der Waals surface area (Å²) in [5.41, 5.74) is 2.57. The van der Waals surface area contributed by atoms with E-state index >= 15 is 0 Å². The minimum absolute atomic E-state index is 0.0118. The van der Waals surface area contributed by atoms with Gasteiger partial charge in [0, 0.05) is 19.4 Å². The maximum atomic E-state index is 12.1. The van der Waals surface area contributed by atoms with Crippen LogP contribution in [-0.4, -0.2) is 28.2 Å². The number of aromatic nitrogens is 4. The molecule has 0 saturated carbocycles. The highest BCUT2D eigenvalue weighted by Gasteiger charge is 2.18. The van der Waals surface area contributed by atoms with Crippen LogP contribution < -0.4 is 16.0 Å². The Morgan fingerprint density at radius 3 is 2.89 bits per heavy atom. The van der Waals surface area contributed by atoms with Gasteiger partial charge in [-0.15, -0.1) is 0 Å². The lowest BCUT2D eigenvalue weighted by molar-refractivity contribution is 0.578. The number of aryl methyl sites for hydroxylation is 1. The summed E-state index contributed by atoms with van der Waals surface area (Å²) >= 11 is 0. The van der Waals surface area contributed by atoms with Crippen LogP contribution in [0.15, 0.2) is 29.7 Å². The number of hydrogen-bond acceptors (Lipinski definition) is 7. The number of nitrogen functional groups attached to an aromatic ring is 1. The summed E-state index contributed by atoms with van der Waals surface area (Å²) in [5, 5.41) is 3.97. The second-order valence-corrected chi connectivity index (χ2v) is 5.41. The standard InChI is InChI=1S/C9H13N7O2S/c1-16-6-12-9(15-16)5-13-19(17,18)8-4-11-3-2-7(8)14-10/h2-4,6,13H,5,10H2,1H3,(H,11,14). The maximum absolute atomic E-state index is 12.1. The zero-order valence-corrected chi connectivity index (χ0v) is 10.9. The Labute approximate surface area is 109 Å². The van der Waals surface area contributed by atoms with Crippen LogP contribution in [-0.2, 0) is 23.6 Å². The highest BCUT2D eigenvalue weighted by atomic mass is 32.2. The number of pyridine rings is 1. The molecule has 102 valence electrons. The van der Waals surface area contributed by atoms with Crippen molar-refractivity contribution in [3.63, 3.8) is 0 Å². The van der Waals surface area contributed by atoms with Crippen molar-refractivity contribution in [2.45, 2.75) is 11.4 Å². The molecular weight excluding hydrogens is 270 g/mol. The van der Waals surface area contributed by atoms with Crippen LogP contribution >= 0.6 is 0 Å². The molecule has 0 bridgehead atoms. The zero-order chi connectivity index (χ0) is 13.9. The second kappa shape index (κ2) is 5.30. The molecule has 0 spiro atoms. The first-order valence-electron chi connectivity index (χ1n) is 5.28. The van der Waals surface area contributed by atoms with Gasteiger partial charge in [0.25, 0.3) is 0 Å². The number of sulfonamides is 1. The molecule has 4 N–H and O–H groups in total. The van der Waals surface area contributed by atoms with Gasteiger partial charge in [-0.1, -0.05) is 0 Å². The summed E-state index contributed by atoms with van der Waals surface area (Å²) in [6.45, 7) is -0.0118. The molecule has 10 heteroatoms. The van der Waals surface area contributed by atoms with E-state index in [2.05, 4.69) is 25.2 Å². The molecule has 0 saturated heterocycles. The largest absolute Gasteiger partial charge is 0.323 e. The third-order valence-electron chi connectivity index (χ3n) is 2.30. The molecular formula is C9H13N7O2S. The number of rotatable bonds is 5. The molecule has 0 fully saturated rings. The summed E-state index contributed by atoms with van der Waals surface area (Å²) in [6, 6.07) is 1.47. The molecule has 0 unspecified atom stereocenters. The molecule has 0 aliphatic heterocycles. The molecule has 0 aliphatic carbocycles. The first kappa shape index (κ1) is 13.4. The van der Waals surface area contributed by atoms with E-state index in [0.29, 0.717) is 5.82 Å². The maximum Gasteiger partial charge on any atom is 0.244 e. The van der Waals surface area contributed by atoms with Crippen molar-refractivity contribution in [3.05, 3.63) is 30.6 Å². The average Bonchev–Trinajstić information content (AvgIpc) is 2.82. The van der Waals surface area contributed by atoms with Gasteiger partial charge in [0.05, 0.1) is 12.2 Å². The highest BCUT2D eigenvalue weighted by molar-refractivity contribution is 7.89. The van der Waals surface area contributed by atoms with Crippen molar-refractivity contribution in [1.82, 2.24) is 24.5 Å². The fourth-order valence-corrected chi connectivity index (χ4v) is 2.51. The van der Waals surface area contributed by atoms with Crippen molar-refractivity contribution in [2.75, 3.05) is 5.43 Å². The third-order valence-corrected chi connectivity index (χ3v) is 3.73. The SMILES string of the molecule is Cn1cnc(CNS(=O)(=O)c2cnccc2NN)n1. The van der Waals surface area contributed by atoms with Crippen molar-refractivity contribution < 1.29 is 8.42 Å². The molecule has 0 amide bonds. The Morgan fingerprint density at radius 1 is 1.47 bits per heavy atom. The Kier molecular flexibility index (Phi) is 3.74. The van der Waals surface area contributed by atoms with E-state index in [4.69, 9.17) is 5.84 Å². The van der Waals surface area contributed by atoms with Crippen LogP contribution in [0.2, 0.25) is 0 Å². The Bertz CT molecular complexity index is 667. The van der Waals surface area contributed by atoms with Crippen LogP contribution in [0.25, 0.3) is 0 Å². The molecule has 2 aromatic rings. The van der Waals surface area contributed by atoms with E-state index in [0.717, 1.165) is 0 Å². The Morgan fingerprint density at radius 2 is 2.26 bits per heavy atom. The normalized spacial score (nSPS) is 11.5. The van der Waals surface area contributed by atoms with Crippen LogP contribution in [0.1, 0.15) is 5.82 Å². The van der Waals surface area contributed by atoms with Crippen molar-refractivity contribution >= 4 is 15.7 Å². The lowest BCUT2D eigenvalue weighted by atomic mass is 10.4. The van der Waals surface area contributed by atoms with Crippen molar-refractivity contribution in [1.29, 1.82) is 0 Å². The van der Waals surface area contributed by atoms with Gasteiger partial charge < -0.3 is 5.43 Å². The monoisotopic (exact) mass is 283 g/mol. The summed E-state index contributed by atoms with van der Waals surface area (Å²) in [6.07, 6.45) is 4.14. The lowest BCUT2D eigenvalue weighted by Crippen LogP contribution is -2.25. The van der Waals surface area contributed by atoms with E-state index in [1.165, 1.54) is 29.5 Å². The van der Waals surface area contributed by atoms with Gasteiger partial charge in [0.2, 0.25) is 10.0 Å². The molecule has 2 rings (SSSR count). The van der Waals surface area contributed by atoms with Gasteiger partial charge in [-0.2, -0.15) is 5.10 Å². The quantitative estimate of drug-likeness (QED) is 0.473. The van der Waals surface area contributed by atoms with Crippen molar-refractivity contribution in [2.24, 2.45) is 12.9 Å². The zero-order valence-electron chi connectivity index (χ0n) is 10.1. The van der Waals surface area contributed by atoms with Gasteiger partial charge >= 0.3 is 0 Å². The first-order valence-corrected chi connectivity index (χ1v) is 6.76. The first-order chi connectivity index (χ1) is 9.03. The topological polar surface area (TPSA) is 128 Å². The fraction of sp³-hybridized carbons (Fsp3) is 0.222. The van der Waals surface area contributed by atoms with Crippen LogP contribution in [0.4, 0.5) is 5.69 Å². The van der Waals surface area contributed by atoms with Gasteiger partial charge in [0.1, 0.15) is 11.2 Å². The van der Waals surface area contributed by atoms with Crippen LogP contribution in [0, 0.1) is 0 Å². The van der Waals surface area contributed by atoms with Crippen molar-refractivity contribution in [3.8, 4) is 0 Å². The Hall–Kier alpha value is -2.04. The van der Waals surface area contributed by atoms with E-state index in [-0.39, 0.29) is 17.1 Å². The molecule has 2 heterocycles. The third kappa shape index (κ3) is 3.05. The van der Waals surface area contributed by atoms with E-state index < -0.39 is 10.0 Å². The molecule has 19 heavy (non-hydrogen) atoms. The van der Waals surface area contributed by atoms with Crippen LogP contribution in [0.5, 0.6) is 0 Å². The Balaban J connectivity index is 2.18. The average molecular weight is 283 g/mol. The summed E-state index contributed by atoms with van der Waals surface area (Å²) in [5.74, 6) is 5.63. The molecule has 0 atom stereocenters. The predicted molar refractivity (Wildman–Crippen MR) is 67.1 cm³/mol.